The first-order valence-electron chi connectivity index (χ1n) is 7.99. The van der Waals surface area contributed by atoms with Gasteiger partial charge in [0.1, 0.15) is 11.8 Å². The fourth-order valence-electron chi connectivity index (χ4n) is 1.99. The third kappa shape index (κ3) is 7.68. The monoisotopic (exact) mass is 320 g/mol. The SMILES string of the molecule is Cc1ccccc1OCCCC(=O)NC(C)C(=O)NC(C)(C)C. The molecule has 0 aromatic heterocycles. The van der Waals surface area contributed by atoms with Gasteiger partial charge < -0.3 is 15.4 Å². The molecule has 2 amide bonds. The molecule has 0 aliphatic heterocycles. The minimum atomic E-state index is -0.543. The summed E-state index contributed by atoms with van der Waals surface area (Å²) >= 11 is 0. The molecule has 5 heteroatoms. The molecule has 0 saturated heterocycles. The highest BCUT2D eigenvalue weighted by Crippen LogP contribution is 2.16. The summed E-state index contributed by atoms with van der Waals surface area (Å²) in [6.07, 6.45) is 0.937. The van der Waals surface area contributed by atoms with E-state index in [-0.39, 0.29) is 17.4 Å². The van der Waals surface area contributed by atoms with E-state index in [9.17, 15) is 9.59 Å². The molecule has 0 aliphatic carbocycles. The number of hydrogen-bond acceptors (Lipinski definition) is 3. The van der Waals surface area contributed by atoms with Gasteiger partial charge in [0.05, 0.1) is 6.61 Å². The van der Waals surface area contributed by atoms with Crippen LogP contribution in [0.2, 0.25) is 0 Å². The summed E-state index contributed by atoms with van der Waals surface area (Å²) in [6, 6.07) is 7.23. The van der Waals surface area contributed by atoms with Gasteiger partial charge in [-0.2, -0.15) is 0 Å². The lowest BCUT2D eigenvalue weighted by atomic mass is 10.1. The molecule has 0 fully saturated rings. The zero-order chi connectivity index (χ0) is 17.5. The first-order chi connectivity index (χ1) is 10.7. The minimum Gasteiger partial charge on any atom is -0.493 e. The lowest BCUT2D eigenvalue weighted by Crippen LogP contribution is -2.50. The Morgan fingerprint density at radius 2 is 1.87 bits per heavy atom. The summed E-state index contributed by atoms with van der Waals surface area (Å²) in [5.41, 5.74) is 0.765. The molecule has 0 aliphatic rings. The zero-order valence-corrected chi connectivity index (χ0v) is 14.7. The number of carbonyl (C=O) groups excluding carboxylic acids is 2. The van der Waals surface area contributed by atoms with Gasteiger partial charge in [0, 0.05) is 12.0 Å². The normalized spacial score (nSPS) is 12.4. The summed E-state index contributed by atoms with van der Waals surface area (Å²) in [4.78, 5) is 23.8. The number of para-hydroxylation sites is 1. The van der Waals surface area contributed by atoms with Crippen LogP contribution in [0.4, 0.5) is 0 Å². The van der Waals surface area contributed by atoms with E-state index in [0.29, 0.717) is 19.4 Å². The Balaban J connectivity index is 2.26. The lowest BCUT2D eigenvalue weighted by Gasteiger charge is -2.23. The summed E-state index contributed by atoms with van der Waals surface area (Å²) < 4.78 is 5.65. The van der Waals surface area contributed by atoms with E-state index in [1.54, 1.807) is 6.92 Å². The van der Waals surface area contributed by atoms with Crippen LogP contribution < -0.4 is 15.4 Å². The summed E-state index contributed by atoms with van der Waals surface area (Å²) in [5.74, 6) is 0.516. The molecule has 1 aromatic rings. The second kappa shape index (κ2) is 8.56. The molecular formula is C18H28N2O3. The molecule has 0 heterocycles. The quantitative estimate of drug-likeness (QED) is 0.759. The summed E-state index contributed by atoms with van der Waals surface area (Å²) in [7, 11) is 0. The van der Waals surface area contributed by atoms with Gasteiger partial charge in [-0.3, -0.25) is 9.59 Å². The van der Waals surface area contributed by atoms with Crippen molar-refractivity contribution in [2.24, 2.45) is 0 Å². The predicted molar refractivity (Wildman–Crippen MR) is 91.4 cm³/mol. The van der Waals surface area contributed by atoms with Crippen molar-refractivity contribution in [3.63, 3.8) is 0 Å². The van der Waals surface area contributed by atoms with Crippen LogP contribution in [0, 0.1) is 6.92 Å². The van der Waals surface area contributed by atoms with E-state index in [1.165, 1.54) is 0 Å². The molecule has 1 atom stereocenters. The van der Waals surface area contributed by atoms with Crippen molar-refractivity contribution in [1.29, 1.82) is 0 Å². The third-order valence-corrected chi connectivity index (χ3v) is 3.17. The lowest BCUT2D eigenvalue weighted by molar-refractivity contribution is -0.129. The molecule has 2 N–H and O–H groups in total. The maximum atomic E-state index is 11.9. The Morgan fingerprint density at radius 3 is 2.48 bits per heavy atom. The van der Waals surface area contributed by atoms with Crippen molar-refractivity contribution >= 4 is 11.8 Å². The van der Waals surface area contributed by atoms with E-state index in [0.717, 1.165) is 11.3 Å². The molecule has 23 heavy (non-hydrogen) atoms. The van der Waals surface area contributed by atoms with Gasteiger partial charge in [-0.15, -0.1) is 0 Å². The van der Waals surface area contributed by atoms with Crippen LogP contribution in [0.25, 0.3) is 0 Å². The number of rotatable bonds is 7. The van der Waals surface area contributed by atoms with Gasteiger partial charge in [0.15, 0.2) is 0 Å². The molecule has 0 bridgehead atoms. The summed E-state index contributed by atoms with van der Waals surface area (Å²) in [5, 5.41) is 5.55. The van der Waals surface area contributed by atoms with E-state index in [4.69, 9.17) is 4.74 Å². The maximum absolute atomic E-state index is 11.9. The number of hydrogen-bond donors (Lipinski definition) is 2. The van der Waals surface area contributed by atoms with Crippen LogP contribution >= 0.6 is 0 Å². The molecule has 1 aromatic carbocycles. The van der Waals surface area contributed by atoms with Crippen LogP contribution in [0.5, 0.6) is 5.75 Å². The Bertz CT molecular complexity index is 535. The van der Waals surface area contributed by atoms with E-state index in [1.807, 2.05) is 52.0 Å². The number of aryl methyl sites for hydroxylation is 1. The van der Waals surface area contributed by atoms with Crippen molar-refractivity contribution in [3.8, 4) is 5.75 Å². The van der Waals surface area contributed by atoms with Crippen LogP contribution in [-0.4, -0.2) is 30.0 Å². The van der Waals surface area contributed by atoms with Gasteiger partial charge in [0.2, 0.25) is 11.8 Å². The molecule has 1 rings (SSSR count). The van der Waals surface area contributed by atoms with Crippen LogP contribution in [0.3, 0.4) is 0 Å². The number of ether oxygens (including phenoxy) is 1. The standard InChI is InChI=1S/C18H28N2O3/c1-13-9-6-7-10-15(13)23-12-8-11-16(21)19-14(2)17(22)20-18(3,4)5/h6-7,9-10,14H,8,11-12H2,1-5H3,(H,19,21)(H,20,22). The van der Waals surface area contributed by atoms with Crippen LogP contribution in [0.15, 0.2) is 24.3 Å². The van der Waals surface area contributed by atoms with Crippen molar-refractivity contribution in [2.45, 2.75) is 59.0 Å². The van der Waals surface area contributed by atoms with Crippen molar-refractivity contribution < 1.29 is 14.3 Å². The molecular weight excluding hydrogens is 292 g/mol. The smallest absolute Gasteiger partial charge is 0.242 e. The number of carbonyl (C=O) groups is 2. The number of nitrogens with one attached hydrogen (secondary N) is 2. The molecule has 0 radical (unpaired) electrons. The molecule has 1 unspecified atom stereocenters. The van der Waals surface area contributed by atoms with Crippen molar-refractivity contribution in [1.82, 2.24) is 10.6 Å². The highest BCUT2D eigenvalue weighted by Gasteiger charge is 2.20. The number of amides is 2. The molecule has 0 spiro atoms. The van der Waals surface area contributed by atoms with Gasteiger partial charge >= 0.3 is 0 Å². The Kier molecular flexibility index (Phi) is 7.07. The van der Waals surface area contributed by atoms with Crippen LogP contribution in [-0.2, 0) is 9.59 Å². The highest BCUT2D eigenvalue weighted by atomic mass is 16.5. The third-order valence-electron chi connectivity index (χ3n) is 3.17. The average Bonchev–Trinajstić information content (AvgIpc) is 2.43. The van der Waals surface area contributed by atoms with E-state index in [2.05, 4.69) is 10.6 Å². The van der Waals surface area contributed by atoms with Gasteiger partial charge in [-0.25, -0.2) is 0 Å². The summed E-state index contributed by atoms with van der Waals surface area (Å²) in [6.45, 7) is 9.86. The van der Waals surface area contributed by atoms with Crippen molar-refractivity contribution in [3.05, 3.63) is 29.8 Å². The van der Waals surface area contributed by atoms with Gasteiger partial charge in [0.25, 0.3) is 0 Å². The van der Waals surface area contributed by atoms with E-state index >= 15 is 0 Å². The Hall–Kier alpha value is -2.04. The fourth-order valence-corrected chi connectivity index (χ4v) is 1.99. The van der Waals surface area contributed by atoms with Crippen LogP contribution in [0.1, 0.15) is 46.1 Å². The van der Waals surface area contributed by atoms with Crippen molar-refractivity contribution in [2.75, 3.05) is 6.61 Å². The minimum absolute atomic E-state index is 0.144. The largest absolute Gasteiger partial charge is 0.493 e. The second-order valence-corrected chi connectivity index (χ2v) is 6.75. The number of benzene rings is 1. The molecule has 128 valence electrons. The average molecular weight is 320 g/mol. The molecule has 0 saturated carbocycles. The zero-order valence-electron chi connectivity index (χ0n) is 14.7. The van der Waals surface area contributed by atoms with E-state index < -0.39 is 6.04 Å². The first kappa shape index (κ1) is 19.0. The maximum Gasteiger partial charge on any atom is 0.242 e. The fraction of sp³-hybridized carbons (Fsp3) is 0.556. The first-order valence-corrected chi connectivity index (χ1v) is 7.99. The second-order valence-electron chi connectivity index (χ2n) is 6.75. The predicted octanol–water partition coefficient (Wildman–Crippen LogP) is 2.57. The Morgan fingerprint density at radius 1 is 1.22 bits per heavy atom. The highest BCUT2D eigenvalue weighted by molar-refractivity contribution is 5.87. The van der Waals surface area contributed by atoms with Gasteiger partial charge in [-0.1, -0.05) is 18.2 Å². The van der Waals surface area contributed by atoms with Gasteiger partial charge in [-0.05, 0) is 52.7 Å². The topological polar surface area (TPSA) is 67.4 Å². The Labute approximate surface area is 138 Å². The molecule has 5 nitrogen and oxygen atoms in total.